The van der Waals surface area contributed by atoms with Gasteiger partial charge in [0.25, 0.3) is 0 Å². The Morgan fingerprint density at radius 2 is 1.63 bits per heavy atom. The van der Waals surface area contributed by atoms with Gasteiger partial charge in [-0.2, -0.15) is 10.2 Å². The second-order valence-electron chi connectivity index (χ2n) is 6.89. The molecule has 0 aromatic heterocycles. The molecular formula is C15H25N3O. The maximum atomic E-state index is 4.89. The standard InChI is InChI=1S/C8H13NO.C7H12N2/c1-6-5-7(9-10-6)8(2,3)4;1-7(2,3)6-4-5-8-9-6/h1,5H2,2-4H3;5H,4H2,1-3H3. The smallest absolute Gasteiger partial charge is 0.133 e. The number of nitrogens with zero attached hydrogens (tertiary/aromatic N) is 3. The minimum atomic E-state index is 0.124. The van der Waals surface area contributed by atoms with Gasteiger partial charge in [-0.05, 0) is 0 Å². The molecule has 2 heterocycles. The van der Waals surface area contributed by atoms with Gasteiger partial charge in [0.1, 0.15) is 5.76 Å². The van der Waals surface area contributed by atoms with Crippen LogP contribution in [0.2, 0.25) is 0 Å². The molecule has 0 atom stereocenters. The Labute approximate surface area is 116 Å². The van der Waals surface area contributed by atoms with Crippen molar-refractivity contribution in [3.05, 3.63) is 12.3 Å². The van der Waals surface area contributed by atoms with Crippen molar-refractivity contribution in [2.24, 2.45) is 26.2 Å². The van der Waals surface area contributed by atoms with Crippen LogP contribution >= 0.6 is 0 Å². The summed E-state index contributed by atoms with van der Waals surface area (Å²) in [5, 5.41) is 11.7. The minimum absolute atomic E-state index is 0.124. The summed E-state index contributed by atoms with van der Waals surface area (Å²) in [7, 11) is 0. The summed E-state index contributed by atoms with van der Waals surface area (Å²) < 4.78 is 0. The average molecular weight is 263 g/mol. The second-order valence-corrected chi connectivity index (χ2v) is 6.89. The first-order chi connectivity index (χ1) is 8.60. The van der Waals surface area contributed by atoms with Crippen LogP contribution in [0.25, 0.3) is 0 Å². The van der Waals surface area contributed by atoms with Crippen LogP contribution in [-0.4, -0.2) is 17.6 Å². The van der Waals surface area contributed by atoms with Crippen LogP contribution in [0.3, 0.4) is 0 Å². The zero-order valence-corrected chi connectivity index (χ0v) is 12.9. The van der Waals surface area contributed by atoms with Crippen LogP contribution in [0.4, 0.5) is 0 Å². The SMILES string of the molecule is C=C1CC(C(C)(C)C)=NO1.CC(C)(C)C1=NN=CC1. The molecule has 0 radical (unpaired) electrons. The molecule has 0 saturated heterocycles. The quantitative estimate of drug-likeness (QED) is 0.646. The van der Waals surface area contributed by atoms with E-state index in [4.69, 9.17) is 4.84 Å². The van der Waals surface area contributed by atoms with Gasteiger partial charge in [0.15, 0.2) is 0 Å². The fraction of sp³-hybridized carbons (Fsp3) is 0.667. The maximum absolute atomic E-state index is 4.89. The summed E-state index contributed by atoms with van der Waals surface area (Å²) in [5.41, 5.74) is 2.59. The first-order valence-electron chi connectivity index (χ1n) is 6.61. The zero-order valence-electron chi connectivity index (χ0n) is 12.9. The molecule has 0 aliphatic carbocycles. The van der Waals surface area contributed by atoms with E-state index in [1.165, 1.54) is 5.71 Å². The van der Waals surface area contributed by atoms with Crippen molar-refractivity contribution in [1.29, 1.82) is 0 Å². The normalized spacial score (nSPS) is 18.5. The summed E-state index contributed by atoms with van der Waals surface area (Å²) in [6.07, 6.45) is 3.58. The molecule has 0 bridgehead atoms. The van der Waals surface area contributed by atoms with Gasteiger partial charge in [-0.3, -0.25) is 0 Å². The number of hydrogen-bond donors (Lipinski definition) is 0. The van der Waals surface area contributed by atoms with Crippen LogP contribution in [0, 0.1) is 10.8 Å². The zero-order chi connectivity index (χ0) is 14.7. The highest BCUT2D eigenvalue weighted by molar-refractivity contribution is 6.01. The molecule has 2 aliphatic rings. The summed E-state index contributed by atoms with van der Waals surface area (Å²) in [5.74, 6) is 0.755. The average Bonchev–Trinajstić information content (AvgIpc) is 2.84. The maximum Gasteiger partial charge on any atom is 0.133 e. The van der Waals surface area contributed by atoms with Crippen LogP contribution in [-0.2, 0) is 4.84 Å². The minimum Gasteiger partial charge on any atom is -0.362 e. The van der Waals surface area contributed by atoms with Gasteiger partial charge in [-0.1, -0.05) is 53.3 Å². The molecule has 0 unspecified atom stereocenters. The van der Waals surface area contributed by atoms with Gasteiger partial charge in [-0.25, -0.2) is 0 Å². The van der Waals surface area contributed by atoms with E-state index in [-0.39, 0.29) is 10.8 Å². The van der Waals surface area contributed by atoms with Gasteiger partial charge < -0.3 is 4.84 Å². The highest BCUT2D eigenvalue weighted by atomic mass is 16.6. The third-order valence-electron chi connectivity index (χ3n) is 2.93. The highest BCUT2D eigenvalue weighted by Gasteiger charge is 2.24. The molecule has 4 heteroatoms. The van der Waals surface area contributed by atoms with E-state index in [1.807, 2.05) is 6.21 Å². The van der Waals surface area contributed by atoms with Crippen molar-refractivity contribution >= 4 is 17.6 Å². The van der Waals surface area contributed by atoms with Gasteiger partial charge in [0, 0.05) is 23.5 Å². The molecule has 106 valence electrons. The van der Waals surface area contributed by atoms with E-state index in [2.05, 4.69) is 63.5 Å². The molecule has 0 amide bonds. The van der Waals surface area contributed by atoms with Gasteiger partial charge in [0.2, 0.25) is 0 Å². The van der Waals surface area contributed by atoms with E-state index in [1.54, 1.807) is 0 Å². The van der Waals surface area contributed by atoms with E-state index in [0.717, 1.165) is 24.3 Å². The fourth-order valence-corrected chi connectivity index (χ4v) is 1.51. The van der Waals surface area contributed by atoms with Crippen molar-refractivity contribution in [2.45, 2.75) is 54.4 Å². The third-order valence-corrected chi connectivity index (χ3v) is 2.93. The molecule has 0 aromatic carbocycles. The molecule has 0 N–H and O–H groups in total. The topological polar surface area (TPSA) is 46.3 Å². The van der Waals surface area contributed by atoms with Gasteiger partial charge in [-0.15, -0.1) is 0 Å². The lowest BCUT2D eigenvalue weighted by Gasteiger charge is -2.16. The predicted octanol–water partition coefficient (Wildman–Crippen LogP) is 4.19. The van der Waals surface area contributed by atoms with Crippen LogP contribution in [0.1, 0.15) is 54.4 Å². The Hall–Kier alpha value is -1.45. The van der Waals surface area contributed by atoms with Crippen molar-refractivity contribution in [3.8, 4) is 0 Å². The molecule has 4 nitrogen and oxygen atoms in total. The lowest BCUT2D eigenvalue weighted by Crippen LogP contribution is -2.18. The van der Waals surface area contributed by atoms with Crippen molar-refractivity contribution < 1.29 is 4.84 Å². The Balaban J connectivity index is 0.000000191. The Morgan fingerprint density at radius 3 is 1.84 bits per heavy atom. The lowest BCUT2D eigenvalue weighted by molar-refractivity contribution is 0.245. The number of rotatable bonds is 0. The van der Waals surface area contributed by atoms with E-state index in [9.17, 15) is 0 Å². The molecule has 0 fully saturated rings. The number of allylic oxidation sites excluding steroid dienone is 1. The molecule has 0 aromatic rings. The largest absolute Gasteiger partial charge is 0.362 e. The molecule has 0 spiro atoms. The second kappa shape index (κ2) is 5.68. The summed E-state index contributed by atoms with van der Waals surface area (Å²) in [4.78, 5) is 4.89. The summed E-state index contributed by atoms with van der Waals surface area (Å²) in [6, 6.07) is 0. The van der Waals surface area contributed by atoms with Crippen LogP contribution in [0.5, 0.6) is 0 Å². The van der Waals surface area contributed by atoms with Crippen molar-refractivity contribution in [3.63, 3.8) is 0 Å². The van der Waals surface area contributed by atoms with Crippen LogP contribution in [0.15, 0.2) is 27.7 Å². The van der Waals surface area contributed by atoms with E-state index >= 15 is 0 Å². The van der Waals surface area contributed by atoms with Gasteiger partial charge in [0.05, 0.1) is 17.8 Å². The predicted molar refractivity (Wildman–Crippen MR) is 81.7 cm³/mol. The first-order valence-corrected chi connectivity index (χ1v) is 6.61. The summed E-state index contributed by atoms with van der Waals surface area (Å²) >= 11 is 0. The third kappa shape index (κ3) is 4.97. The molecule has 2 rings (SSSR count). The molecule has 2 aliphatic heterocycles. The van der Waals surface area contributed by atoms with Crippen LogP contribution < -0.4 is 0 Å². The first kappa shape index (κ1) is 15.6. The van der Waals surface area contributed by atoms with E-state index in [0.29, 0.717) is 0 Å². The van der Waals surface area contributed by atoms with Gasteiger partial charge >= 0.3 is 0 Å². The highest BCUT2D eigenvalue weighted by Crippen LogP contribution is 2.25. The van der Waals surface area contributed by atoms with E-state index < -0.39 is 0 Å². The van der Waals surface area contributed by atoms with Crippen molar-refractivity contribution in [1.82, 2.24) is 0 Å². The lowest BCUT2D eigenvalue weighted by atomic mass is 9.88. The number of hydrogen-bond acceptors (Lipinski definition) is 4. The van der Waals surface area contributed by atoms with Crippen molar-refractivity contribution in [2.75, 3.05) is 0 Å². The Morgan fingerprint density at radius 1 is 1.05 bits per heavy atom. The monoisotopic (exact) mass is 263 g/mol. The molecule has 19 heavy (non-hydrogen) atoms. The Bertz CT molecular complexity index is 431. The molecular weight excluding hydrogens is 238 g/mol. The summed E-state index contributed by atoms with van der Waals surface area (Å²) in [6.45, 7) is 16.5. The Kier molecular flexibility index (Phi) is 4.66. The molecule has 0 saturated carbocycles. The number of oxime groups is 1. The fourth-order valence-electron chi connectivity index (χ4n) is 1.51.